The number of hydrogen-bond acceptors (Lipinski definition) is 5. The lowest BCUT2D eigenvalue weighted by Crippen LogP contribution is -2.50. The second-order valence-corrected chi connectivity index (χ2v) is 9.79. The van der Waals surface area contributed by atoms with Gasteiger partial charge >= 0.3 is 11.7 Å². The van der Waals surface area contributed by atoms with Gasteiger partial charge in [0.05, 0.1) is 6.54 Å². The zero-order chi connectivity index (χ0) is 26.3. The van der Waals surface area contributed by atoms with Crippen molar-refractivity contribution in [3.8, 4) is 0 Å². The number of halogens is 2. The molecule has 1 aliphatic heterocycles. The van der Waals surface area contributed by atoms with Crippen LogP contribution in [-0.4, -0.2) is 55.8 Å². The Labute approximate surface area is 222 Å². The molecule has 2 aromatic heterocycles. The standard InChI is InChI=1S/C25H25Cl2N7O3/c1-30-21-20(22(35)31(2)25(30)37)34(15-16-3-5-17(26)6-4-16)23(29-21)32-11-13-33(14-12-32)24(36)28-19-9-7-18(27)8-10-19/h3-10H,11-15H2,1-2H3,(H,28,36). The molecule has 1 saturated heterocycles. The van der Waals surface area contributed by atoms with Crippen molar-refractivity contribution in [3.05, 3.63) is 85.0 Å². The number of anilines is 2. The molecule has 0 unspecified atom stereocenters. The molecular weight excluding hydrogens is 517 g/mol. The maximum Gasteiger partial charge on any atom is 0.332 e. The third kappa shape index (κ3) is 4.82. The van der Waals surface area contributed by atoms with E-state index in [-0.39, 0.29) is 6.03 Å². The van der Waals surface area contributed by atoms with Crippen molar-refractivity contribution in [2.24, 2.45) is 14.1 Å². The summed E-state index contributed by atoms with van der Waals surface area (Å²) in [5, 5.41) is 4.10. The Morgan fingerprint density at radius 3 is 2.11 bits per heavy atom. The van der Waals surface area contributed by atoms with Crippen LogP contribution in [0.3, 0.4) is 0 Å². The second-order valence-electron chi connectivity index (χ2n) is 8.91. The number of rotatable bonds is 4. The van der Waals surface area contributed by atoms with Crippen LogP contribution in [0, 0.1) is 0 Å². The fourth-order valence-electron chi connectivity index (χ4n) is 4.44. The van der Waals surface area contributed by atoms with E-state index in [1.165, 1.54) is 11.6 Å². The van der Waals surface area contributed by atoms with Crippen LogP contribution in [0.15, 0.2) is 58.1 Å². The number of nitrogens with zero attached hydrogens (tertiary/aromatic N) is 6. The molecule has 10 nitrogen and oxygen atoms in total. The summed E-state index contributed by atoms with van der Waals surface area (Å²) >= 11 is 12.0. The molecule has 1 aliphatic rings. The third-order valence-electron chi connectivity index (χ3n) is 6.53. The van der Waals surface area contributed by atoms with Crippen molar-refractivity contribution < 1.29 is 4.79 Å². The summed E-state index contributed by atoms with van der Waals surface area (Å²) in [5.74, 6) is 0.570. The molecule has 0 atom stereocenters. The van der Waals surface area contributed by atoms with Gasteiger partial charge in [0, 0.05) is 56.0 Å². The van der Waals surface area contributed by atoms with Gasteiger partial charge in [-0.2, -0.15) is 4.98 Å². The van der Waals surface area contributed by atoms with Crippen molar-refractivity contribution in [1.29, 1.82) is 0 Å². The first-order chi connectivity index (χ1) is 17.7. The highest BCUT2D eigenvalue weighted by Crippen LogP contribution is 2.23. The quantitative estimate of drug-likeness (QED) is 0.428. The van der Waals surface area contributed by atoms with Crippen LogP contribution in [0.1, 0.15) is 5.56 Å². The monoisotopic (exact) mass is 541 g/mol. The minimum atomic E-state index is -0.441. The minimum absolute atomic E-state index is 0.201. The van der Waals surface area contributed by atoms with Crippen molar-refractivity contribution >= 4 is 52.0 Å². The molecule has 4 aromatic rings. The average Bonchev–Trinajstić information content (AvgIpc) is 3.28. The number of aromatic nitrogens is 4. The number of urea groups is 1. The lowest BCUT2D eigenvalue weighted by molar-refractivity contribution is 0.208. The van der Waals surface area contributed by atoms with Crippen LogP contribution in [0.5, 0.6) is 0 Å². The summed E-state index contributed by atoms with van der Waals surface area (Å²) in [7, 11) is 3.06. The summed E-state index contributed by atoms with van der Waals surface area (Å²) in [6.45, 7) is 2.30. The van der Waals surface area contributed by atoms with Crippen LogP contribution >= 0.6 is 23.2 Å². The van der Waals surface area contributed by atoms with E-state index in [0.29, 0.717) is 65.6 Å². The summed E-state index contributed by atoms with van der Waals surface area (Å²) in [6, 6.07) is 14.1. The molecule has 0 aliphatic carbocycles. The molecule has 0 radical (unpaired) electrons. The smallest absolute Gasteiger partial charge is 0.332 e. The number of carbonyl (C=O) groups excluding carboxylic acids is 1. The molecule has 2 amide bonds. The van der Waals surface area contributed by atoms with Crippen LogP contribution in [0.4, 0.5) is 16.4 Å². The zero-order valence-electron chi connectivity index (χ0n) is 20.3. The van der Waals surface area contributed by atoms with E-state index in [1.807, 2.05) is 21.6 Å². The molecule has 37 heavy (non-hydrogen) atoms. The fourth-order valence-corrected chi connectivity index (χ4v) is 4.70. The maximum atomic E-state index is 13.2. The molecule has 0 saturated carbocycles. The lowest BCUT2D eigenvalue weighted by Gasteiger charge is -2.35. The number of fused-ring (bicyclic) bond motifs is 1. The summed E-state index contributed by atoms with van der Waals surface area (Å²) in [6.07, 6.45) is 0. The second kappa shape index (κ2) is 9.95. The van der Waals surface area contributed by atoms with E-state index >= 15 is 0 Å². The largest absolute Gasteiger partial charge is 0.339 e. The van der Waals surface area contributed by atoms with Crippen molar-refractivity contribution in [1.82, 2.24) is 23.6 Å². The molecule has 0 spiro atoms. The van der Waals surface area contributed by atoms with Gasteiger partial charge in [-0.1, -0.05) is 35.3 Å². The Kier molecular flexibility index (Phi) is 6.70. The highest BCUT2D eigenvalue weighted by molar-refractivity contribution is 6.30. The van der Waals surface area contributed by atoms with Gasteiger partial charge in [0.15, 0.2) is 11.2 Å². The Morgan fingerprint density at radius 2 is 1.49 bits per heavy atom. The van der Waals surface area contributed by atoms with Gasteiger partial charge in [-0.25, -0.2) is 9.59 Å². The van der Waals surface area contributed by atoms with Gasteiger partial charge in [0.1, 0.15) is 0 Å². The van der Waals surface area contributed by atoms with E-state index in [9.17, 15) is 14.4 Å². The molecule has 2 aromatic carbocycles. The SMILES string of the molecule is Cn1c(=O)c2c(nc(N3CCN(C(=O)Nc4ccc(Cl)cc4)CC3)n2Cc2ccc(Cl)cc2)n(C)c1=O. The number of amides is 2. The minimum Gasteiger partial charge on any atom is -0.339 e. The van der Waals surface area contributed by atoms with Crippen LogP contribution < -0.4 is 21.5 Å². The van der Waals surface area contributed by atoms with E-state index < -0.39 is 11.2 Å². The normalized spacial score (nSPS) is 13.8. The van der Waals surface area contributed by atoms with Gasteiger partial charge in [0.25, 0.3) is 5.56 Å². The van der Waals surface area contributed by atoms with Gasteiger partial charge in [-0.15, -0.1) is 0 Å². The van der Waals surface area contributed by atoms with E-state index in [1.54, 1.807) is 48.3 Å². The summed E-state index contributed by atoms with van der Waals surface area (Å²) in [5.41, 5.74) is 1.41. The zero-order valence-corrected chi connectivity index (χ0v) is 21.8. The first-order valence-corrected chi connectivity index (χ1v) is 12.5. The van der Waals surface area contributed by atoms with Crippen LogP contribution in [-0.2, 0) is 20.6 Å². The van der Waals surface area contributed by atoms with Gasteiger partial charge < -0.3 is 15.1 Å². The Balaban J connectivity index is 1.44. The predicted octanol–water partition coefficient (Wildman–Crippen LogP) is 3.14. The molecule has 12 heteroatoms. The predicted molar refractivity (Wildman–Crippen MR) is 145 cm³/mol. The number of nitrogens with one attached hydrogen (secondary N) is 1. The van der Waals surface area contributed by atoms with Gasteiger partial charge in [-0.3, -0.25) is 18.5 Å². The molecule has 192 valence electrons. The number of hydrogen-bond donors (Lipinski definition) is 1. The summed E-state index contributed by atoms with van der Waals surface area (Å²) < 4.78 is 4.31. The van der Waals surface area contributed by atoms with Gasteiger partial charge in [0.2, 0.25) is 5.95 Å². The Hall–Kier alpha value is -3.76. The van der Waals surface area contributed by atoms with Crippen molar-refractivity contribution in [2.75, 3.05) is 36.4 Å². The fraction of sp³-hybridized carbons (Fsp3) is 0.280. The number of imidazole rings is 1. The van der Waals surface area contributed by atoms with E-state index in [0.717, 1.165) is 10.1 Å². The van der Waals surface area contributed by atoms with E-state index in [4.69, 9.17) is 28.2 Å². The highest BCUT2D eigenvalue weighted by Gasteiger charge is 2.27. The van der Waals surface area contributed by atoms with Crippen LogP contribution in [0.2, 0.25) is 10.0 Å². The summed E-state index contributed by atoms with van der Waals surface area (Å²) in [4.78, 5) is 47.0. The van der Waals surface area contributed by atoms with Gasteiger partial charge in [-0.05, 0) is 42.0 Å². The molecule has 3 heterocycles. The first-order valence-electron chi connectivity index (χ1n) is 11.7. The molecule has 1 fully saturated rings. The number of piperazine rings is 1. The third-order valence-corrected chi connectivity index (χ3v) is 7.03. The molecule has 5 rings (SSSR count). The molecular formula is C25H25Cl2N7O3. The number of aryl methyl sites for hydroxylation is 1. The highest BCUT2D eigenvalue weighted by atomic mass is 35.5. The van der Waals surface area contributed by atoms with Crippen LogP contribution in [0.25, 0.3) is 11.2 Å². The Bertz CT molecular complexity index is 1580. The molecule has 0 bridgehead atoms. The number of carbonyl (C=O) groups is 1. The number of benzene rings is 2. The van der Waals surface area contributed by atoms with Crippen molar-refractivity contribution in [2.45, 2.75) is 6.54 Å². The maximum absolute atomic E-state index is 13.2. The topological polar surface area (TPSA) is 97.4 Å². The first kappa shape index (κ1) is 24.9. The average molecular weight is 542 g/mol. The molecule has 1 N–H and O–H groups in total. The van der Waals surface area contributed by atoms with E-state index in [2.05, 4.69) is 5.32 Å². The Morgan fingerprint density at radius 1 is 0.892 bits per heavy atom. The van der Waals surface area contributed by atoms with Crippen molar-refractivity contribution in [3.63, 3.8) is 0 Å². The lowest BCUT2D eigenvalue weighted by atomic mass is 10.2.